The molecule has 3 atom stereocenters. The molecule has 2 saturated carbocycles. The zero-order valence-electron chi connectivity index (χ0n) is 14.3. The summed E-state index contributed by atoms with van der Waals surface area (Å²) in [6.07, 6.45) is 6.40. The predicted octanol–water partition coefficient (Wildman–Crippen LogP) is 1.77. The van der Waals surface area contributed by atoms with Crippen LogP contribution in [0.2, 0.25) is 0 Å². The van der Waals surface area contributed by atoms with Crippen LogP contribution in [0.25, 0.3) is 0 Å². The van der Waals surface area contributed by atoms with Crippen LogP contribution in [0.5, 0.6) is 5.75 Å². The molecule has 3 unspecified atom stereocenters. The highest BCUT2D eigenvalue weighted by molar-refractivity contribution is 7.43. The van der Waals surface area contributed by atoms with E-state index in [4.69, 9.17) is 14.5 Å². The van der Waals surface area contributed by atoms with Crippen LogP contribution in [0.3, 0.4) is 0 Å². The minimum atomic E-state index is -5.14. The van der Waals surface area contributed by atoms with E-state index in [2.05, 4.69) is 10.6 Å². The van der Waals surface area contributed by atoms with Crippen LogP contribution in [-0.4, -0.2) is 12.7 Å². The highest BCUT2D eigenvalue weighted by Crippen LogP contribution is 2.68. The van der Waals surface area contributed by atoms with Crippen molar-refractivity contribution in [1.29, 1.82) is 0 Å². The first kappa shape index (κ1) is 16.9. The molecule has 0 N–H and O–H groups in total. The Kier molecular flexibility index (Phi) is 3.52. The molecule has 7 nitrogen and oxygen atoms in total. The third kappa shape index (κ3) is 2.16. The van der Waals surface area contributed by atoms with Crippen molar-refractivity contribution < 1.29 is 33.4 Å². The Hall–Kier alpha value is -1.21. The molecule has 4 bridgehead atoms. The van der Waals surface area contributed by atoms with Gasteiger partial charge in [-0.25, -0.2) is 4.89 Å². The van der Waals surface area contributed by atoms with Crippen molar-refractivity contribution in [3.8, 4) is 5.75 Å². The fourth-order valence-electron chi connectivity index (χ4n) is 5.66. The number of benzene rings is 1. The zero-order valence-corrected chi connectivity index (χ0v) is 15.1. The zero-order chi connectivity index (χ0) is 18.2. The lowest BCUT2D eigenvalue weighted by Gasteiger charge is -2.67. The summed E-state index contributed by atoms with van der Waals surface area (Å²) < 4.78 is 21.4. The number of hydrogen-bond acceptors (Lipinski definition) is 7. The second kappa shape index (κ2) is 5.41. The van der Waals surface area contributed by atoms with E-state index in [0.29, 0.717) is 11.5 Å². The van der Waals surface area contributed by atoms with Gasteiger partial charge in [0.25, 0.3) is 5.79 Å². The Balaban J connectivity index is 1.56. The Morgan fingerprint density at radius 3 is 2.46 bits per heavy atom. The van der Waals surface area contributed by atoms with Gasteiger partial charge in [-0.2, -0.15) is 4.89 Å². The first-order valence-corrected chi connectivity index (χ1v) is 10.3. The van der Waals surface area contributed by atoms with Crippen molar-refractivity contribution in [2.24, 2.45) is 17.8 Å². The van der Waals surface area contributed by atoms with E-state index in [0.717, 1.165) is 25.7 Å². The molecule has 5 aliphatic rings. The molecule has 1 heterocycles. The van der Waals surface area contributed by atoms with Gasteiger partial charge in [-0.3, -0.25) is 0 Å². The smallest absolute Gasteiger partial charge is 0.260 e. The van der Waals surface area contributed by atoms with Crippen LogP contribution >= 0.6 is 7.82 Å². The van der Waals surface area contributed by atoms with Gasteiger partial charge in [0, 0.05) is 24.5 Å². The number of phosphoric ester groups is 1. The van der Waals surface area contributed by atoms with Gasteiger partial charge in [0.2, 0.25) is 0 Å². The summed E-state index contributed by atoms with van der Waals surface area (Å²) >= 11 is 0. The summed E-state index contributed by atoms with van der Waals surface area (Å²) in [6, 6.07) is 6.31. The molecule has 1 spiro atoms. The van der Waals surface area contributed by atoms with E-state index < -0.39 is 19.2 Å². The highest BCUT2D eigenvalue weighted by atomic mass is 31.2. The van der Waals surface area contributed by atoms with Gasteiger partial charge in [0.15, 0.2) is 5.60 Å². The first-order valence-electron chi connectivity index (χ1n) is 8.80. The monoisotopic (exact) mass is 378 g/mol. The minimum absolute atomic E-state index is 0.0515. The molecule has 1 aromatic rings. The second-order valence-electron chi connectivity index (χ2n) is 7.71. The summed E-state index contributed by atoms with van der Waals surface area (Å²) in [5, 5.41) is 0. The molecule has 1 aromatic carbocycles. The van der Waals surface area contributed by atoms with Gasteiger partial charge in [-0.1, -0.05) is 23.8 Å². The Morgan fingerprint density at radius 2 is 1.92 bits per heavy atom. The van der Waals surface area contributed by atoms with E-state index in [1.54, 1.807) is 19.2 Å². The van der Waals surface area contributed by atoms with Crippen LogP contribution in [0, 0.1) is 17.8 Å². The predicted molar refractivity (Wildman–Crippen MR) is 85.3 cm³/mol. The molecular weight excluding hydrogens is 359 g/mol. The van der Waals surface area contributed by atoms with Gasteiger partial charge < -0.3 is 23.6 Å². The lowest BCUT2D eigenvalue weighted by Crippen LogP contribution is -2.75. The SMILES string of the molecule is COC1(c2cccc(OP(=O)([O-])[O-])c2)OOC12C1CC3=CC(C1)CC2C3. The second-order valence-corrected chi connectivity index (χ2v) is 8.78. The maximum Gasteiger partial charge on any atom is 0.260 e. The van der Waals surface area contributed by atoms with Crippen LogP contribution in [0.15, 0.2) is 35.9 Å². The molecule has 1 saturated heterocycles. The molecule has 0 amide bonds. The molecule has 140 valence electrons. The van der Waals surface area contributed by atoms with Crippen LogP contribution in [-0.2, 0) is 24.9 Å². The molecule has 4 aliphatic carbocycles. The maximum atomic E-state index is 11.0. The van der Waals surface area contributed by atoms with Gasteiger partial charge in [-0.05, 0) is 43.7 Å². The van der Waals surface area contributed by atoms with Crippen molar-refractivity contribution in [2.75, 3.05) is 7.11 Å². The molecule has 26 heavy (non-hydrogen) atoms. The van der Waals surface area contributed by atoms with Gasteiger partial charge in [0.1, 0.15) is 13.6 Å². The molecule has 1 aliphatic heterocycles. The number of phosphoric acid groups is 1. The maximum absolute atomic E-state index is 11.0. The summed E-state index contributed by atoms with van der Waals surface area (Å²) in [6.45, 7) is 0. The lowest BCUT2D eigenvalue weighted by atomic mass is 9.50. The highest BCUT2D eigenvalue weighted by Gasteiger charge is 2.75. The number of ether oxygens (including phenoxy) is 1. The van der Waals surface area contributed by atoms with Crippen molar-refractivity contribution in [2.45, 2.75) is 37.1 Å². The summed E-state index contributed by atoms with van der Waals surface area (Å²) in [5.74, 6) is -0.0322. The fraction of sp³-hybridized carbons (Fsp3) is 0.556. The van der Waals surface area contributed by atoms with Gasteiger partial charge >= 0.3 is 0 Å². The van der Waals surface area contributed by atoms with E-state index in [9.17, 15) is 14.4 Å². The van der Waals surface area contributed by atoms with Crippen LogP contribution in [0.1, 0.15) is 31.2 Å². The molecule has 3 fully saturated rings. The minimum Gasteiger partial charge on any atom is -0.780 e. The van der Waals surface area contributed by atoms with Crippen LogP contribution in [0.4, 0.5) is 0 Å². The summed E-state index contributed by atoms with van der Waals surface area (Å²) in [7, 11) is -3.58. The molecule has 8 heteroatoms. The topological polar surface area (TPSA) is 100 Å². The van der Waals surface area contributed by atoms with Gasteiger partial charge in [0.05, 0.1) is 0 Å². The van der Waals surface area contributed by atoms with E-state index in [1.807, 2.05) is 0 Å². The lowest BCUT2D eigenvalue weighted by molar-refractivity contribution is -0.642. The molecule has 0 radical (unpaired) electrons. The third-order valence-corrected chi connectivity index (χ3v) is 6.84. The quantitative estimate of drug-likeness (QED) is 0.447. The third-order valence-electron chi connectivity index (χ3n) is 6.41. The van der Waals surface area contributed by atoms with E-state index in [-0.39, 0.29) is 17.6 Å². The number of rotatable bonds is 4. The Bertz CT molecular complexity index is 809. The van der Waals surface area contributed by atoms with Crippen molar-refractivity contribution in [1.82, 2.24) is 0 Å². The fourth-order valence-corrected chi connectivity index (χ4v) is 6.03. The number of allylic oxidation sites excluding steroid dienone is 2. The Morgan fingerprint density at radius 1 is 1.19 bits per heavy atom. The first-order chi connectivity index (χ1) is 12.4. The molecule has 6 rings (SSSR count). The number of hydrogen-bond donors (Lipinski definition) is 0. The van der Waals surface area contributed by atoms with Gasteiger partial charge in [-0.15, -0.1) is 0 Å². The molecule has 0 aromatic heterocycles. The molecular formula is C18H19O7P-2. The van der Waals surface area contributed by atoms with Crippen molar-refractivity contribution in [3.05, 3.63) is 41.5 Å². The van der Waals surface area contributed by atoms with E-state index in [1.165, 1.54) is 17.7 Å². The normalized spacial score (nSPS) is 40.4. The van der Waals surface area contributed by atoms with Crippen molar-refractivity contribution in [3.63, 3.8) is 0 Å². The van der Waals surface area contributed by atoms with Crippen molar-refractivity contribution >= 4 is 7.82 Å². The largest absolute Gasteiger partial charge is 0.780 e. The standard InChI is InChI=1S/C18H21O7P/c1-22-18(13-3-2-4-16(10-13)23-26(19,20)21)17(24-25-18)14-6-11-5-12(8-14)9-15(17)7-11/h2-5,10-11,14-15H,6-9H2,1H3,(H2,19,20,21)/p-2. The summed E-state index contributed by atoms with van der Waals surface area (Å²) in [5.41, 5.74) is 1.48. The average Bonchev–Trinajstić information content (AvgIpc) is 2.53. The Labute approximate surface area is 151 Å². The number of methoxy groups -OCH3 is 1. The summed E-state index contributed by atoms with van der Waals surface area (Å²) in [4.78, 5) is 33.4. The average molecular weight is 378 g/mol. The van der Waals surface area contributed by atoms with Crippen LogP contribution < -0.4 is 14.3 Å². The van der Waals surface area contributed by atoms with E-state index >= 15 is 0 Å².